The predicted octanol–water partition coefficient (Wildman–Crippen LogP) is 2.82. The molecule has 6 nitrogen and oxygen atoms in total. The first-order valence-electron chi connectivity index (χ1n) is 8.28. The second kappa shape index (κ2) is 8.29. The molecule has 2 rings (SSSR count). The van der Waals surface area contributed by atoms with Gasteiger partial charge in [-0.25, -0.2) is 0 Å². The third-order valence-electron chi connectivity index (χ3n) is 3.76. The third kappa shape index (κ3) is 4.01. The molecule has 0 atom stereocenters. The molecule has 1 aromatic heterocycles. The Morgan fingerprint density at radius 1 is 1.25 bits per heavy atom. The Morgan fingerprint density at radius 2 is 1.96 bits per heavy atom. The van der Waals surface area contributed by atoms with Crippen LogP contribution in [0.3, 0.4) is 0 Å². The molecule has 0 bridgehead atoms. The van der Waals surface area contributed by atoms with Gasteiger partial charge >= 0.3 is 0 Å². The van der Waals surface area contributed by atoms with E-state index in [2.05, 4.69) is 22.2 Å². The summed E-state index contributed by atoms with van der Waals surface area (Å²) in [4.78, 5) is 26.5. The number of unbranched alkanes of at least 4 members (excludes halogenated alkanes) is 1. The van der Waals surface area contributed by atoms with Gasteiger partial charge in [0.25, 0.3) is 5.56 Å². The molecule has 1 aromatic carbocycles. The Kier molecular flexibility index (Phi) is 6.12. The van der Waals surface area contributed by atoms with Crippen LogP contribution in [-0.4, -0.2) is 28.8 Å². The van der Waals surface area contributed by atoms with Crippen molar-refractivity contribution in [3.8, 4) is 5.69 Å². The number of nitrogens with one attached hydrogen (secondary N) is 1. The molecule has 24 heavy (non-hydrogen) atoms. The van der Waals surface area contributed by atoms with E-state index in [4.69, 9.17) is 0 Å². The van der Waals surface area contributed by atoms with Crippen LogP contribution in [0.4, 0.5) is 11.4 Å². The summed E-state index contributed by atoms with van der Waals surface area (Å²) in [6.45, 7) is 7.10. The number of aromatic nitrogens is 2. The van der Waals surface area contributed by atoms with Gasteiger partial charge in [-0.15, -0.1) is 0 Å². The van der Waals surface area contributed by atoms with E-state index in [9.17, 15) is 9.59 Å². The minimum absolute atomic E-state index is 0.272. The number of carbonyl (C=O) groups is 1. The number of para-hydroxylation sites is 1. The Bertz CT molecular complexity index is 740. The number of hydrogen-bond acceptors (Lipinski definition) is 4. The Balaban J connectivity index is 2.54. The van der Waals surface area contributed by atoms with Crippen molar-refractivity contribution in [1.29, 1.82) is 0 Å². The minimum atomic E-state index is -0.330. The molecule has 1 heterocycles. The zero-order valence-electron chi connectivity index (χ0n) is 14.5. The minimum Gasteiger partial charge on any atom is -0.369 e. The molecular weight excluding hydrogens is 304 g/mol. The average molecular weight is 328 g/mol. The number of carbonyl (C=O) groups excluding carboxylic acids is 1. The largest absolute Gasteiger partial charge is 0.369 e. The van der Waals surface area contributed by atoms with Gasteiger partial charge in [0.2, 0.25) is 5.91 Å². The van der Waals surface area contributed by atoms with Crippen LogP contribution in [0.5, 0.6) is 0 Å². The van der Waals surface area contributed by atoms with E-state index in [1.54, 1.807) is 18.3 Å². The maximum Gasteiger partial charge on any atom is 0.297 e. The van der Waals surface area contributed by atoms with Crippen LogP contribution in [0.1, 0.15) is 33.6 Å². The van der Waals surface area contributed by atoms with Crippen molar-refractivity contribution in [3.05, 3.63) is 46.9 Å². The van der Waals surface area contributed by atoms with Gasteiger partial charge in [-0.2, -0.15) is 9.78 Å². The highest BCUT2D eigenvalue weighted by Gasteiger charge is 2.17. The summed E-state index contributed by atoms with van der Waals surface area (Å²) >= 11 is 0. The maximum atomic E-state index is 12.9. The molecule has 1 amide bonds. The quantitative estimate of drug-likeness (QED) is 0.849. The lowest BCUT2D eigenvalue weighted by Crippen LogP contribution is -2.32. The predicted molar refractivity (Wildman–Crippen MR) is 96.9 cm³/mol. The summed E-state index contributed by atoms with van der Waals surface area (Å²) in [5.41, 5.74) is 1.28. The molecule has 0 saturated heterocycles. The monoisotopic (exact) mass is 328 g/mol. The number of nitrogens with zero attached hydrogens (tertiary/aromatic N) is 3. The van der Waals surface area contributed by atoms with Gasteiger partial charge in [-0.05, 0) is 25.5 Å². The first-order chi connectivity index (χ1) is 11.6. The Labute approximate surface area is 142 Å². The SMILES string of the molecule is CCCCN(CC)c1cnn(-c2ccccc2)c(=O)c1NC(C)=O. The lowest BCUT2D eigenvalue weighted by Gasteiger charge is -2.25. The number of amides is 1. The zero-order chi connectivity index (χ0) is 17.5. The fourth-order valence-corrected chi connectivity index (χ4v) is 2.53. The lowest BCUT2D eigenvalue weighted by atomic mass is 10.2. The zero-order valence-corrected chi connectivity index (χ0v) is 14.5. The topological polar surface area (TPSA) is 67.2 Å². The highest BCUT2D eigenvalue weighted by molar-refractivity contribution is 5.92. The lowest BCUT2D eigenvalue weighted by molar-refractivity contribution is -0.114. The summed E-state index contributed by atoms with van der Waals surface area (Å²) in [7, 11) is 0. The second-order valence-electron chi connectivity index (χ2n) is 5.57. The molecule has 0 saturated carbocycles. The Hall–Kier alpha value is -2.63. The van der Waals surface area contributed by atoms with Crippen molar-refractivity contribution < 1.29 is 4.79 Å². The molecule has 0 aliphatic rings. The Morgan fingerprint density at radius 3 is 2.54 bits per heavy atom. The summed E-state index contributed by atoms with van der Waals surface area (Å²) < 4.78 is 1.31. The summed E-state index contributed by atoms with van der Waals surface area (Å²) in [6.07, 6.45) is 3.72. The molecule has 0 unspecified atom stereocenters. The maximum absolute atomic E-state index is 12.9. The van der Waals surface area contributed by atoms with Gasteiger partial charge in [0.1, 0.15) is 5.69 Å². The van der Waals surface area contributed by atoms with Crippen molar-refractivity contribution >= 4 is 17.3 Å². The van der Waals surface area contributed by atoms with Crippen LogP contribution in [0.15, 0.2) is 41.3 Å². The van der Waals surface area contributed by atoms with Crippen molar-refractivity contribution in [3.63, 3.8) is 0 Å². The van der Waals surface area contributed by atoms with Crippen LogP contribution in [0.2, 0.25) is 0 Å². The molecule has 1 N–H and O–H groups in total. The van der Waals surface area contributed by atoms with Crippen molar-refractivity contribution in [1.82, 2.24) is 9.78 Å². The normalized spacial score (nSPS) is 10.5. The molecule has 0 fully saturated rings. The summed E-state index contributed by atoms with van der Waals surface area (Å²) in [6, 6.07) is 9.17. The summed E-state index contributed by atoms with van der Waals surface area (Å²) in [5.74, 6) is -0.272. The van der Waals surface area contributed by atoms with Crippen LogP contribution >= 0.6 is 0 Å². The van der Waals surface area contributed by atoms with E-state index in [1.165, 1.54) is 11.6 Å². The van der Waals surface area contributed by atoms with Crippen LogP contribution in [0.25, 0.3) is 5.69 Å². The summed E-state index contributed by atoms with van der Waals surface area (Å²) in [5, 5.41) is 6.99. The molecule has 128 valence electrons. The van der Waals surface area contributed by atoms with E-state index in [0.717, 1.165) is 25.9 Å². The van der Waals surface area contributed by atoms with Gasteiger partial charge < -0.3 is 10.2 Å². The van der Waals surface area contributed by atoms with E-state index in [-0.39, 0.29) is 17.2 Å². The third-order valence-corrected chi connectivity index (χ3v) is 3.76. The molecule has 2 aromatic rings. The molecular formula is C18H24N4O2. The molecule has 0 aliphatic heterocycles. The van der Waals surface area contributed by atoms with Crippen LogP contribution < -0.4 is 15.8 Å². The first-order valence-corrected chi connectivity index (χ1v) is 8.28. The molecule has 0 spiro atoms. The number of benzene rings is 1. The van der Waals surface area contributed by atoms with Crippen LogP contribution in [-0.2, 0) is 4.79 Å². The smallest absolute Gasteiger partial charge is 0.297 e. The molecule has 0 aliphatic carbocycles. The number of hydrogen-bond donors (Lipinski definition) is 1. The highest BCUT2D eigenvalue weighted by Crippen LogP contribution is 2.22. The number of rotatable bonds is 7. The van der Waals surface area contributed by atoms with Gasteiger partial charge in [0.05, 0.1) is 17.6 Å². The first kappa shape index (κ1) is 17.7. The van der Waals surface area contributed by atoms with Crippen molar-refractivity contribution in [2.24, 2.45) is 0 Å². The number of anilines is 2. The van der Waals surface area contributed by atoms with E-state index < -0.39 is 0 Å². The van der Waals surface area contributed by atoms with E-state index >= 15 is 0 Å². The second-order valence-corrected chi connectivity index (χ2v) is 5.57. The van der Waals surface area contributed by atoms with E-state index in [0.29, 0.717) is 11.4 Å². The standard InChI is InChI=1S/C18H24N4O2/c1-4-6-12-21(5-2)16-13-19-22(15-10-8-7-9-11-15)18(24)17(16)20-14(3)23/h7-11,13H,4-6,12H2,1-3H3,(H,20,23). The van der Waals surface area contributed by atoms with Crippen molar-refractivity contribution in [2.75, 3.05) is 23.3 Å². The van der Waals surface area contributed by atoms with Gasteiger partial charge in [-0.1, -0.05) is 31.5 Å². The van der Waals surface area contributed by atoms with Crippen LogP contribution in [0, 0.1) is 0 Å². The van der Waals surface area contributed by atoms with Gasteiger partial charge in [0.15, 0.2) is 0 Å². The average Bonchev–Trinajstić information content (AvgIpc) is 2.58. The van der Waals surface area contributed by atoms with E-state index in [1.807, 2.05) is 25.1 Å². The molecule has 0 radical (unpaired) electrons. The van der Waals surface area contributed by atoms with Gasteiger partial charge in [-0.3, -0.25) is 9.59 Å². The fourth-order valence-electron chi connectivity index (χ4n) is 2.53. The fraction of sp³-hybridized carbons (Fsp3) is 0.389. The van der Waals surface area contributed by atoms with Crippen molar-refractivity contribution in [2.45, 2.75) is 33.6 Å². The highest BCUT2D eigenvalue weighted by atomic mass is 16.2. The van der Waals surface area contributed by atoms with Gasteiger partial charge in [0, 0.05) is 20.0 Å². The molecule has 6 heteroatoms.